The van der Waals surface area contributed by atoms with E-state index in [-0.39, 0.29) is 0 Å². The summed E-state index contributed by atoms with van der Waals surface area (Å²) in [5.74, 6) is 0. The summed E-state index contributed by atoms with van der Waals surface area (Å²) in [6.07, 6.45) is 8.75. The first-order chi connectivity index (χ1) is 26.7. The molecule has 10 rings (SSSR count). The van der Waals surface area contributed by atoms with E-state index in [0.29, 0.717) is 0 Å². The standard InChI is InChI=1S/C52H37NS/c1-2-14-45(15-3-1)53(47-32-28-40(29-33-47)48-17-9-18-50-49-16-6-7-19-51(49)54-52(48)50)46-30-26-38(27-31-46)37-20-22-39(23-21-37)42-12-8-13-43(34-42)44-25-24-36-10-4-5-11-41(36)35-44/h1-2,4-14,16-35H,3,15H2. The van der Waals surface area contributed by atoms with Crippen LogP contribution in [0.15, 0.2) is 206 Å². The van der Waals surface area contributed by atoms with Gasteiger partial charge in [-0.2, -0.15) is 0 Å². The molecule has 1 aliphatic rings. The van der Waals surface area contributed by atoms with Gasteiger partial charge in [-0.25, -0.2) is 0 Å². The second kappa shape index (κ2) is 13.8. The Morgan fingerprint density at radius 3 is 1.74 bits per heavy atom. The van der Waals surface area contributed by atoms with Gasteiger partial charge in [0.1, 0.15) is 0 Å². The van der Waals surface area contributed by atoms with Gasteiger partial charge in [0.25, 0.3) is 0 Å². The van der Waals surface area contributed by atoms with Crippen LogP contribution in [0.4, 0.5) is 11.4 Å². The molecule has 9 aromatic rings. The van der Waals surface area contributed by atoms with Crippen LogP contribution in [-0.4, -0.2) is 0 Å². The summed E-state index contributed by atoms with van der Waals surface area (Å²) in [7, 11) is 0. The van der Waals surface area contributed by atoms with Crippen molar-refractivity contribution < 1.29 is 0 Å². The Morgan fingerprint density at radius 1 is 0.426 bits per heavy atom. The van der Waals surface area contributed by atoms with Gasteiger partial charge in [-0.15, -0.1) is 11.3 Å². The molecular weight excluding hydrogens is 671 g/mol. The topological polar surface area (TPSA) is 3.24 Å². The van der Waals surface area contributed by atoms with E-state index in [2.05, 4.69) is 205 Å². The van der Waals surface area contributed by atoms with Gasteiger partial charge in [0.05, 0.1) is 0 Å². The Balaban J connectivity index is 0.922. The third kappa shape index (κ3) is 6.01. The molecule has 0 spiro atoms. The summed E-state index contributed by atoms with van der Waals surface area (Å²) in [5, 5.41) is 5.20. The predicted octanol–water partition coefficient (Wildman–Crippen LogP) is 15.2. The summed E-state index contributed by atoms with van der Waals surface area (Å²) < 4.78 is 2.68. The lowest BCUT2D eigenvalue weighted by atomic mass is 9.96. The smallest absolute Gasteiger partial charge is 0.0458 e. The molecule has 8 aromatic carbocycles. The summed E-state index contributed by atoms with van der Waals surface area (Å²) in [4.78, 5) is 2.42. The van der Waals surface area contributed by atoms with E-state index in [1.807, 2.05) is 11.3 Å². The summed E-state index contributed by atoms with van der Waals surface area (Å²) >= 11 is 1.88. The van der Waals surface area contributed by atoms with Crippen LogP contribution in [0.5, 0.6) is 0 Å². The van der Waals surface area contributed by atoms with E-state index in [0.717, 1.165) is 12.8 Å². The average molecular weight is 708 g/mol. The Bertz CT molecular complexity index is 2850. The van der Waals surface area contributed by atoms with Crippen molar-refractivity contribution in [1.82, 2.24) is 0 Å². The van der Waals surface area contributed by atoms with Gasteiger partial charge in [-0.1, -0.05) is 152 Å². The normalized spacial score (nSPS) is 12.7. The fourth-order valence-corrected chi connectivity index (χ4v) is 9.17. The molecule has 0 atom stereocenters. The molecule has 0 radical (unpaired) electrons. The molecular formula is C52H37NS. The van der Waals surface area contributed by atoms with Crippen LogP contribution in [0, 0.1) is 0 Å². The quantitative estimate of drug-likeness (QED) is 0.159. The molecule has 0 N–H and O–H groups in total. The van der Waals surface area contributed by atoms with Gasteiger partial charge < -0.3 is 4.90 Å². The summed E-state index contributed by atoms with van der Waals surface area (Å²) in [6, 6.07) is 66.7. The number of anilines is 2. The van der Waals surface area contributed by atoms with Crippen LogP contribution < -0.4 is 4.90 Å². The molecule has 1 aliphatic carbocycles. The first-order valence-corrected chi connectivity index (χ1v) is 19.5. The van der Waals surface area contributed by atoms with Gasteiger partial charge in [0, 0.05) is 37.2 Å². The second-order valence-corrected chi connectivity index (χ2v) is 15.1. The molecule has 0 bridgehead atoms. The number of rotatable bonds is 7. The number of allylic oxidation sites excluding steroid dienone is 4. The Kier molecular flexibility index (Phi) is 8.24. The van der Waals surface area contributed by atoms with Crippen LogP contribution >= 0.6 is 11.3 Å². The third-order valence-corrected chi connectivity index (χ3v) is 12.0. The molecule has 1 nitrogen and oxygen atoms in total. The first kappa shape index (κ1) is 32.2. The molecule has 0 saturated heterocycles. The van der Waals surface area contributed by atoms with Gasteiger partial charge in [-0.3, -0.25) is 0 Å². The van der Waals surface area contributed by atoms with Gasteiger partial charge in [-0.05, 0) is 117 Å². The maximum absolute atomic E-state index is 2.42. The highest BCUT2D eigenvalue weighted by Gasteiger charge is 2.17. The van der Waals surface area contributed by atoms with Crippen LogP contribution in [0.2, 0.25) is 0 Å². The molecule has 1 aromatic heterocycles. The number of benzene rings is 8. The number of hydrogen-bond acceptors (Lipinski definition) is 2. The molecule has 0 amide bonds. The molecule has 0 saturated carbocycles. The van der Waals surface area contributed by atoms with E-state index >= 15 is 0 Å². The molecule has 0 fully saturated rings. The monoisotopic (exact) mass is 707 g/mol. The summed E-state index contributed by atoms with van der Waals surface area (Å²) in [6.45, 7) is 0. The lowest BCUT2D eigenvalue weighted by Gasteiger charge is -2.29. The number of fused-ring (bicyclic) bond motifs is 4. The maximum Gasteiger partial charge on any atom is 0.0458 e. The van der Waals surface area contributed by atoms with Crippen molar-refractivity contribution in [2.45, 2.75) is 12.8 Å². The Morgan fingerprint density at radius 2 is 1.00 bits per heavy atom. The zero-order valence-electron chi connectivity index (χ0n) is 29.8. The maximum atomic E-state index is 2.42. The van der Waals surface area contributed by atoms with Crippen LogP contribution in [0.25, 0.3) is 75.5 Å². The van der Waals surface area contributed by atoms with Crippen molar-refractivity contribution in [3.05, 3.63) is 206 Å². The predicted molar refractivity (Wildman–Crippen MR) is 234 cm³/mol. The lowest BCUT2D eigenvalue weighted by Crippen LogP contribution is -2.17. The molecule has 256 valence electrons. The lowest BCUT2D eigenvalue weighted by molar-refractivity contribution is 0.918. The largest absolute Gasteiger partial charge is 0.314 e. The minimum Gasteiger partial charge on any atom is -0.314 e. The molecule has 54 heavy (non-hydrogen) atoms. The fraction of sp³-hybridized carbons (Fsp3) is 0.0385. The third-order valence-electron chi connectivity index (χ3n) is 10.7. The number of nitrogens with zero attached hydrogens (tertiary/aromatic N) is 1. The van der Waals surface area contributed by atoms with E-state index < -0.39 is 0 Å². The van der Waals surface area contributed by atoms with Crippen LogP contribution in [0.1, 0.15) is 12.8 Å². The van der Waals surface area contributed by atoms with E-state index in [1.165, 1.54) is 92.5 Å². The van der Waals surface area contributed by atoms with Crippen molar-refractivity contribution >= 4 is 53.7 Å². The molecule has 0 unspecified atom stereocenters. The first-order valence-electron chi connectivity index (χ1n) is 18.7. The highest BCUT2D eigenvalue weighted by molar-refractivity contribution is 7.26. The highest BCUT2D eigenvalue weighted by atomic mass is 32.1. The second-order valence-electron chi connectivity index (χ2n) is 14.1. The van der Waals surface area contributed by atoms with Crippen molar-refractivity contribution in [2.75, 3.05) is 4.90 Å². The van der Waals surface area contributed by atoms with E-state index in [4.69, 9.17) is 0 Å². The SMILES string of the molecule is C1=CCCC(N(c2ccc(-c3ccc(-c4cccc(-c5ccc6ccccc6c5)c4)cc3)cc2)c2ccc(-c3cccc4c3sc3ccccc34)cc2)=C1. The molecule has 2 heteroatoms. The average Bonchev–Trinajstić information content (AvgIpc) is 3.64. The molecule has 1 heterocycles. The van der Waals surface area contributed by atoms with E-state index in [9.17, 15) is 0 Å². The Labute approximate surface area is 320 Å². The zero-order valence-corrected chi connectivity index (χ0v) is 30.6. The van der Waals surface area contributed by atoms with Gasteiger partial charge >= 0.3 is 0 Å². The Hall–Kier alpha value is -6.48. The zero-order chi connectivity index (χ0) is 35.8. The van der Waals surface area contributed by atoms with Crippen molar-refractivity contribution in [3.8, 4) is 44.5 Å². The highest BCUT2D eigenvalue weighted by Crippen LogP contribution is 2.41. The van der Waals surface area contributed by atoms with Crippen molar-refractivity contribution in [1.29, 1.82) is 0 Å². The fourth-order valence-electron chi connectivity index (χ4n) is 7.93. The number of thiophene rings is 1. The van der Waals surface area contributed by atoms with Crippen LogP contribution in [-0.2, 0) is 0 Å². The summed E-state index contributed by atoms with van der Waals surface area (Å²) in [5.41, 5.74) is 13.5. The van der Waals surface area contributed by atoms with Crippen molar-refractivity contribution in [2.24, 2.45) is 0 Å². The van der Waals surface area contributed by atoms with E-state index in [1.54, 1.807) is 0 Å². The minimum absolute atomic E-state index is 1.00. The van der Waals surface area contributed by atoms with Crippen molar-refractivity contribution in [3.63, 3.8) is 0 Å². The molecule has 0 aliphatic heterocycles. The van der Waals surface area contributed by atoms with Gasteiger partial charge in [0.2, 0.25) is 0 Å². The minimum atomic E-state index is 1.00. The van der Waals surface area contributed by atoms with Crippen LogP contribution in [0.3, 0.4) is 0 Å². The number of hydrogen-bond donors (Lipinski definition) is 0. The van der Waals surface area contributed by atoms with Gasteiger partial charge in [0.15, 0.2) is 0 Å².